The number of H-pyrrole nitrogens is 1. The van der Waals surface area contributed by atoms with Gasteiger partial charge in [-0.15, -0.1) is 0 Å². The van der Waals surface area contributed by atoms with Gasteiger partial charge >= 0.3 is 5.97 Å². The SMILES string of the molecule is COC(=O)c1c(C)[nH]c(C(=O)NCCN(C)c2ccccc2)c1C. The molecule has 1 aromatic carbocycles. The van der Waals surface area contributed by atoms with Crippen molar-refractivity contribution in [1.82, 2.24) is 10.3 Å². The summed E-state index contributed by atoms with van der Waals surface area (Å²) in [6.07, 6.45) is 0. The number of hydrogen-bond donors (Lipinski definition) is 2. The van der Waals surface area contributed by atoms with Gasteiger partial charge in [0.05, 0.1) is 12.7 Å². The first-order valence-electron chi connectivity index (χ1n) is 7.77. The van der Waals surface area contributed by atoms with E-state index in [4.69, 9.17) is 4.74 Å². The van der Waals surface area contributed by atoms with Crippen LogP contribution >= 0.6 is 0 Å². The Balaban J connectivity index is 1.97. The molecule has 1 amide bonds. The molecular formula is C18H23N3O3. The lowest BCUT2D eigenvalue weighted by atomic mass is 10.1. The van der Waals surface area contributed by atoms with Crippen LogP contribution in [0, 0.1) is 13.8 Å². The van der Waals surface area contributed by atoms with E-state index in [-0.39, 0.29) is 5.91 Å². The zero-order valence-electron chi connectivity index (χ0n) is 14.5. The van der Waals surface area contributed by atoms with E-state index in [9.17, 15) is 9.59 Å². The van der Waals surface area contributed by atoms with Crippen LogP contribution in [0.1, 0.15) is 32.1 Å². The highest BCUT2D eigenvalue weighted by atomic mass is 16.5. The van der Waals surface area contributed by atoms with Crippen LogP contribution in [0.5, 0.6) is 0 Å². The molecule has 0 atom stereocenters. The van der Waals surface area contributed by atoms with Crippen molar-refractivity contribution in [2.45, 2.75) is 13.8 Å². The highest BCUT2D eigenvalue weighted by molar-refractivity contribution is 6.00. The number of para-hydroxylation sites is 1. The van der Waals surface area contributed by atoms with E-state index >= 15 is 0 Å². The maximum atomic E-state index is 12.3. The van der Waals surface area contributed by atoms with Crippen LogP contribution in [0.15, 0.2) is 30.3 Å². The fourth-order valence-electron chi connectivity index (χ4n) is 2.62. The molecule has 0 bridgehead atoms. The number of esters is 1. The Labute approximate surface area is 141 Å². The number of amides is 1. The number of nitrogens with zero attached hydrogens (tertiary/aromatic N) is 1. The van der Waals surface area contributed by atoms with Crippen LogP contribution < -0.4 is 10.2 Å². The van der Waals surface area contributed by atoms with Gasteiger partial charge in [-0.05, 0) is 31.5 Å². The van der Waals surface area contributed by atoms with Gasteiger partial charge in [-0.3, -0.25) is 4.79 Å². The van der Waals surface area contributed by atoms with Crippen molar-refractivity contribution >= 4 is 17.6 Å². The molecule has 0 saturated carbocycles. The molecule has 0 spiro atoms. The minimum absolute atomic E-state index is 0.229. The topological polar surface area (TPSA) is 74.4 Å². The number of carbonyl (C=O) groups is 2. The molecule has 0 unspecified atom stereocenters. The third-order valence-corrected chi connectivity index (χ3v) is 3.98. The average Bonchev–Trinajstić information content (AvgIpc) is 2.89. The molecule has 6 nitrogen and oxygen atoms in total. The lowest BCUT2D eigenvalue weighted by Gasteiger charge is -2.19. The third kappa shape index (κ3) is 3.76. The van der Waals surface area contributed by atoms with Crippen molar-refractivity contribution in [2.75, 3.05) is 32.1 Å². The molecule has 0 saturated heterocycles. The number of carbonyl (C=O) groups excluding carboxylic acids is 2. The minimum Gasteiger partial charge on any atom is -0.465 e. The number of anilines is 1. The Bertz CT molecular complexity index is 723. The molecule has 1 heterocycles. The Morgan fingerprint density at radius 1 is 1.21 bits per heavy atom. The maximum Gasteiger partial charge on any atom is 0.339 e. The van der Waals surface area contributed by atoms with Crippen LogP contribution in [0.2, 0.25) is 0 Å². The molecule has 128 valence electrons. The van der Waals surface area contributed by atoms with Gasteiger partial charge in [0.25, 0.3) is 5.91 Å². The highest BCUT2D eigenvalue weighted by Crippen LogP contribution is 2.18. The number of benzene rings is 1. The van der Waals surface area contributed by atoms with E-state index in [0.29, 0.717) is 35.6 Å². The molecule has 1 aromatic heterocycles. The normalized spacial score (nSPS) is 10.3. The number of hydrogen-bond acceptors (Lipinski definition) is 4. The Kier molecular flexibility index (Phi) is 5.63. The van der Waals surface area contributed by atoms with Gasteiger partial charge in [0.2, 0.25) is 0 Å². The zero-order valence-corrected chi connectivity index (χ0v) is 14.5. The fraction of sp³-hybridized carbons (Fsp3) is 0.333. The molecule has 0 aliphatic heterocycles. The van der Waals surface area contributed by atoms with E-state index < -0.39 is 5.97 Å². The van der Waals surface area contributed by atoms with Crippen LogP contribution in [0.3, 0.4) is 0 Å². The Morgan fingerprint density at radius 3 is 2.50 bits per heavy atom. The quantitative estimate of drug-likeness (QED) is 0.798. The van der Waals surface area contributed by atoms with Gasteiger partial charge in [-0.2, -0.15) is 0 Å². The molecular weight excluding hydrogens is 306 g/mol. The summed E-state index contributed by atoms with van der Waals surface area (Å²) >= 11 is 0. The van der Waals surface area contributed by atoms with Gasteiger partial charge in [0.15, 0.2) is 0 Å². The zero-order chi connectivity index (χ0) is 17.7. The van der Waals surface area contributed by atoms with Crippen molar-refractivity contribution in [3.63, 3.8) is 0 Å². The van der Waals surface area contributed by atoms with Crippen molar-refractivity contribution in [3.8, 4) is 0 Å². The number of ether oxygens (including phenoxy) is 1. The lowest BCUT2D eigenvalue weighted by Crippen LogP contribution is -2.33. The molecule has 0 fully saturated rings. The van der Waals surface area contributed by atoms with Gasteiger partial charge < -0.3 is 19.9 Å². The molecule has 2 aromatic rings. The molecule has 2 N–H and O–H groups in total. The number of rotatable bonds is 6. The number of aryl methyl sites for hydroxylation is 1. The highest BCUT2D eigenvalue weighted by Gasteiger charge is 2.22. The average molecular weight is 329 g/mol. The van der Waals surface area contributed by atoms with Gasteiger partial charge in [0, 0.05) is 31.5 Å². The third-order valence-electron chi connectivity index (χ3n) is 3.98. The molecule has 24 heavy (non-hydrogen) atoms. The monoisotopic (exact) mass is 329 g/mol. The predicted octanol–water partition coefficient (Wildman–Crippen LogP) is 2.28. The largest absolute Gasteiger partial charge is 0.465 e. The summed E-state index contributed by atoms with van der Waals surface area (Å²) in [4.78, 5) is 29.2. The van der Waals surface area contributed by atoms with E-state index in [2.05, 4.69) is 15.2 Å². The summed E-state index contributed by atoms with van der Waals surface area (Å²) in [6, 6.07) is 9.95. The summed E-state index contributed by atoms with van der Waals surface area (Å²) < 4.78 is 4.76. The van der Waals surface area contributed by atoms with E-state index in [1.54, 1.807) is 13.8 Å². The van der Waals surface area contributed by atoms with Crippen molar-refractivity contribution < 1.29 is 14.3 Å². The number of aromatic nitrogens is 1. The summed E-state index contributed by atoms with van der Waals surface area (Å²) in [5.74, 6) is -0.670. The van der Waals surface area contributed by atoms with Crippen LogP contribution in [-0.4, -0.2) is 44.1 Å². The molecule has 2 rings (SSSR count). The van der Waals surface area contributed by atoms with Crippen molar-refractivity contribution in [1.29, 1.82) is 0 Å². The Morgan fingerprint density at radius 2 is 1.88 bits per heavy atom. The molecule has 0 radical (unpaired) electrons. The number of methoxy groups -OCH3 is 1. The number of nitrogens with one attached hydrogen (secondary N) is 2. The van der Waals surface area contributed by atoms with Crippen LogP contribution in [-0.2, 0) is 4.74 Å². The molecule has 0 aliphatic rings. The maximum absolute atomic E-state index is 12.3. The summed E-state index contributed by atoms with van der Waals surface area (Å²) in [7, 11) is 3.30. The summed E-state index contributed by atoms with van der Waals surface area (Å²) in [5, 5.41) is 2.87. The first-order valence-corrected chi connectivity index (χ1v) is 7.77. The molecule has 0 aliphatic carbocycles. The lowest BCUT2D eigenvalue weighted by molar-refractivity contribution is 0.0599. The summed E-state index contributed by atoms with van der Waals surface area (Å²) in [5.41, 5.74) is 3.14. The van der Waals surface area contributed by atoms with Crippen molar-refractivity contribution in [2.24, 2.45) is 0 Å². The molecule has 6 heteroatoms. The van der Waals surface area contributed by atoms with Crippen LogP contribution in [0.25, 0.3) is 0 Å². The van der Waals surface area contributed by atoms with E-state index in [1.165, 1.54) is 7.11 Å². The standard InChI is InChI=1S/C18H23N3O3/c1-12-15(18(23)24-4)13(2)20-16(12)17(22)19-10-11-21(3)14-8-6-5-7-9-14/h5-9,20H,10-11H2,1-4H3,(H,19,22). The number of likely N-dealkylation sites (N-methyl/N-ethyl adjacent to an activating group) is 1. The second kappa shape index (κ2) is 7.68. The minimum atomic E-state index is -0.441. The van der Waals surface area contributed by atoms with Gasteiger partial charge in [-0.25, -0.2) is 4.79 Å². The van der Waals surface area contributed by atoms with Crippen molar-refractivity contribution in [3.05, 3.63) is 52.8 Å². The van der Waals surface area contributed by atoms with E-state index in [0.717, 1.165) is 5.69 Å². The van der Waals surface area contributed by atoms with Gasteiger partial charge in [-0.1, -0.05) is 18.2 Å². The first-order chi connectivity index (χ1) is 11.5. The Hall–Kier alpha value is -2.76. The second-order valence-electron chi connectivity index (χ2n) is 5.63. The predicted molar refractivity (Wildman–Crippen MR) is 93.7 cm³/mol. The number of aromatic amines is 1. The summed E-state index contributed by atoms with van der Waals surface area (Å²) in [6.45, 7) is 4.66. The first kappa shape index (κ1) is 17.6. The second-order valence-corrected chi connectivity index (χ2v) is 5.63. The van der Waals surface area contributed by atoms with Gasteiger partial charge in [0.1, 0.15) is 5.69 Å². The van der Waals surface area contributed by atoms with E-state index in [1.807, 2.05) is 37.4 Å². The van der Waals surface area contributed by atoms with Crippen LogP contribution in [0.4, 0.5) is 5.69 Å². The fourth-order valence-corrected chi connectivity index (χ4v) is 2.62. The smallest absolute Gasteiger partial charge is 0.339 e.